The first kappa shape index (κ1) is 26.0. The summed E-state index contributed by atoms with van der Waals surface area (Å²) in [5.41, 5.74) is 4.41. The highest BCUT2D eigenvalue weighted by Crippen LogP contribution is 2.39. The summed E-state index contributed by atoms with van der Waals surface area (Å²) in [6.07, 6.45) is 1.83. The van der Waals surface area contributed by atoms with Crippen LogP contribution in [0.2, 0.25) is 10.0 Å². The largest absolute Gasteiger partial charge is 0.494 e. The van der Waals surface area contributed by atoms with Crippen molar-refractivity contribution in [2.24, 2.45) is 4.99 Å². The van der Waals surface area contributed by atoms with E-state index in [9.17, 15) is 0 Å². The van der Waals surface area contributed by atoms with Crippen LogP contribution in [-0.2, 0) is 6.54 Å². The molecule has 5 rings (SSSR count). The molecule has 37 heavy (non-hydrogen) atoms. The van der Waals surface area contributed by atoms with Crippen molar-refractivity contribution in [1.29, 1.82) is 0 Å². The van der Waals surface area contributed by atoms with Gasteiger partial charge in [0, 0.05) is 63.0 Å². The maximum atomic E-state index is 6.53. The van der Waals surface area contributed by atoms with Gasteiger partial charge in [0.15, 0.2) is 5.13 Å². The maximum absolute atomic E-state index is 6.53. The summed E-state index contributed by atoms with van der Waals surface area (Å²) in [4.78, 5) is 13.8. The van der Waals surface area contributed by atoms with E-state index < -0.39 is 0 Å². The molecule has 0 spiro atoms. The summed E-state index contributed by atoms with van der Waals surface area (Å²) < 4.78 is 12.5. The Morgan fingerprint density at radius 1 is 1.16 bits per heavy atom. The molecule has 0 saturated carbocycles. The third-order valence-corrected chi connectivity index (χ3v) is 8.23. The van der Waals surface area contributed by atoms with Crippen LogP contribution < -0.4 is 9.64 Å². The molecule has 194 valence electrons. The first-order chi connectivity index (χ1) is 17.9. The van der Waals surface area contributed by atoms with Gasteiger partial charge < -0.3 is 14.2 Å². The number of halogens is 2. The number of ether oxygens (including phenoxy) is 1. The van der Waals surface area contributed by atoms with E-state index in [1.54, 1.807) is 25.5 Å². The second-order valence-corrected chi connectivity index (χ2v) is 11.2. The van der Waals surface area contributed by atoms with E-state index in [1.165, 1.54) is 0 Å². The molecule has 1 aliphatic heterocycles. The number of benzene rings is 2. The third kappa shape index (κ3) is 5.21. The van der Waals surface area contributed by atoms with Crippen LogP contribution in [-0.4, -0.2) is 61.6 Å². The highest BCUT2D eigenvalue weighted by atomic mass is 35.5. The predicted molar refractivity (Wildman–Crippen MR) is 153 cm³/mol. The highest BCUT2D eigenvalue weighted by Gasteiger charge is 2.27. The molecular formula is C27H29Cl2N5O2S. The number of rotatable bonds is 7. The fraction of sp³-hybridized carbons (Fsp3) is 0.370. The Balaban J connectivity index is 1.36. The average molecular weight is 559 g/mol. The Bertz CT molecular complexity index is 1420. The van der Waals surface area contributed by atoms with E-state index >= 15 is 0 Å². The summed E-state index contributed by atoms with van der Waals surface area (Å²) in [6.45, 7) is 8.46. The zero-order valence-corrected chi connectivity index (χ0v) is 23.6. The van der Waals surface area contributed by atoms with Gasteiger partial charge in [-0.2, -0.15) is 0 Å². The Morgan fingerprint density at radius 3 is 2.54 bits per heavy atom. The van der Waals surface area contributed by atoms with Crippen LogP contribution in [0.25, 0.3) is 21.5 Å². The van der Waals surface area contributed by atoms with E-state index in [4.69, 9.17) is 37.4 Å². The molecule has 0 radical (unpaired) electrons. The fourth-order valence-electron chi connectivity index (χ4n) is 4.69. The first-order valence-corrected chi connectivity index (χ1v) is 13.8. The van der Waals surface area contributed by atoms with Crippen molar-refractivity contribution in [3.63, 3.8) is 0 Å². The first-order valence-electron chi connectivity index (χ1n) is 12.2. The number of hydrogen-bond acceptors (Lipinski definition) is 8. The van der Waals surface area contributed by atoms with Crippen LogP contribution in [0.5, 0.6) is 5.75 Å². The van der Waals surface area contributed by atoms with Gasteiger partial charge in [0.25, 0.3) is 0 Å². The van der Waals surface area contributed by atoms with E-state index in [0.717, 1.165) is 82.0 Å². The van der Waals surface area contributed by atoms with E-state index in [1.807, 2.05) is 30.5 Å². The number of methoxy groups -OCH3 is 1. The van der Waals surface area contributed by atoms with Crippen LogP contribution in [0.15, 0.2) is 39.8 Å². The number of nitrogens with zero attached hydrogens (tertiary/aromatic N) is 5. The van der Waals surface area contributed by atoms with Crippen molar-refractivity contribution < 1.29 is 9.26 Å². The third-order valence-electron chi connectivity index (χ3n) is 6.54. The molecule has 0 aliphatic carbocycles. The lowest BCUT2D eigenvalue weighted by Crippen LogP contribution is -2.46. The molecular weight excluding hydrogens is 529 g/mol. The minimum Gasteiger partial charge on any atom is -0.494 e. The minimum atomic E-state index is 0.194. The van der Waals surface area contributed by atoms with Gasteiger partial charge >= 0.3 is 0 Å². The Hall–Kier alpha value is -2.65. The summed E-state index contributed by atoms with van der Waals surface area (Å²) >= 11 is 14.7. The topological polar surface area (TPSA) is 67.0 Å². The number of hydrogen-bond donors (Lipinski definition) is 0. The van der Waals surface area contributed by atoms with Crippen molar-refractivity contribution in [3.8, 4) is 17.0 Å². The van der Waals surface area contributed by atoms with Crippen LogP contribution in [0.4, 0.5) is 5.13 Å². The summed E-state index contributed by atoms with van der Waals surface area (Å²) in [6, 6.07) is 9.60. The van der Waals surface area contributed by atoms with Crippen molar-refractivity contribution in [2.75, 3.05) is 45.2 Å². The normalized spacial score (nSPS) is 14.9. The van der Waals surface area contributed by atoms with Crippen molar-refractivity contribution in [1.82, 2.24) is 15.0 Å². The quantitative estimate of drug-likeness (QED) is 0.234. The van der Waals surface area contributed by atoms with Crippen molar-refractivity contribution in [3.05, 3.63) is 57.3 Å². The second kappa shape index (κ2) is 11.0. The lowest BCUT2D eigenvalue weighted by atomic mass is 10.00. The Kier molecular flexibility index (Phi) is 7.72. The van der Waals surface area contributed by atoms with Crippen molar-refractivity contribution >= 4 is 56.1 Å². The zero-order chi connectivity index (χ0) is 26.1. The molecule has 7 nitrogen and oxygen atoms in total. The molecule has 2 aromatic heterocycles. The van der Waals surface area contributed by atoms with Crippen LogP contribution in [0.1, 0.15) is 36.7 Å². The molecule has 1 aliphatic rings. The highest BCUT2D eigenvalue weighted by molar-refractivity contribution is 7.22. The number of aliphatic imine (C=N–C) groups is 1. The second-order valence-electron chi connectivity index (χ2n) is 9.34. The fourth-order valence-corrected chi connectivity index (χ4v) is 6.35. The van der Waals surface area contributed by atoms with Gasteiger partial charge in [-0.15, -0.1) is 0 Å². The van der Waals surface area contributed by atoms with Crippen molar-refractivity contribution in [2.45, 2.75) is 26.3 Å². The van der Waals surface area contributed by atoms with Crippen LogP contribution in [0.3, 0.4) is 0 Å². The Morgan fingerprint density at radius 2 is 1.89 bits per heavy atom. The molecule has 4 aromatic rings. The van der Waals surface area contributed by atoms with Gasteiger partial charge in [0.1, 0.15) is 22.7 Å². The van der Waals surface area contributed by atoms with Crippen LogP contribution in [0, 0.1) is 0 Å². The van der Waals surface area contributed by atoms with Gasteiger partial charge in [-0.05, 0) is 29.8 Å². The van der Waals surface area contributed by atoms with E-state index in [0.29, 0.717) is 10.0 Å². The minimum absolute atomic E-state index is 0.194. The molecule has 0 amide bonds. The van der Waals surface area contributed by atoms with E-state index in [-0.39, 0.29) is 5.92 Å². The molecule has 0 bridgehead atoms. The summed E-state index contributed by atoms with van der Waals surface area (Å²) in [7, 11) is 3.45. The number of fused-ring (bicyclic) bond motifs is 1. The molecule has 1 fully saturated rings. The molecule has 1 saturated heterocycles. The summed E-state index contributed by atoms with van der Waals surface area (Å²) in [5, 5.41) is 6.56. The lowest BCUT2D eigenvalue weighted by molar-refractivity contribution is 0.247. The van der Waals surface area contributed by atoms with Gasteiger partial charge in [-0.1, -0.05) is 59.6 Å². The Labute approximate surface area is 230 Å². The zero-order valence-electron chi connectivity index (χ0n) is 21.3. The average Bonchev–Trinajstić information content (AvgIpc) is 3.49. The SMILES string of the molecule is CN=Cc1cc(OC)c2nc(N3CCN(Cc4c(-c5c(Cl)cccc5Cl)noc4C(C)C)CC3)sc2c1. The molecule has 0 unspecified atom stereocenters. The van der Waals surface area contributed by atoms with Gasteiger partial charge in [0.05, 0.1) is 21.9 Å². The molecule has 2 aromatic carbocycles. The summed E-state index contributed by atoms with van der Waals surface area (Å²) in [5.74, 6) is 1.84. The molecule has 0 N–H and O–H groups in total. The maximum Gasteiger partial charge on any atom is 0.186 e. The van der Waals surface area contributed by atoms with Gasteiger partial charge in [-0.3, -0.25) is 9.89 Å². The predicted octanol–water partition coefficient (Wildman–Crippen LogP) is 6.76. The molecule has 3 heterocycles. The number of piperazine rings is 1. The monoisotopic (exact) mass is 557 g/mol. The number of thiazole rings is 1. The molecule has 10 heteroatoms. The lowest BCUT2D eigenvalue weighted by Gasteiger charge is -2.34. The molecule has 0 atom stereocenters. The standard InChI is InChI=1S/C27H29Cl2N5O2S/c1-16(2)26-18(24(32-36-26)23-19(28)6-5-7-20(23)29)15-33-8-10-34(11-9-33)27-31-25-21(35-4)12-17(14-30-3)13-22(25)37-27/h5-7,12-14,16H,8-11,15H2,1-4H3. The van der Waals surface area contributed by atoms with Gasteiger partial charge in [-0.25, -0.2) is 4.98 Å². The number of aromatic nitrogens is 2. The van der Waals surface area contributed by atoms with E-state index in [2.05, 4.69) is 39.9 Å². The number of anilines is 1. The smallest absolute Gasteiger partial charge is 0.186 e. The van der Waals surface area contributed by atoms with Gasteiger partial charge in [0.2, 0.25) is 0 Å². The van der Waals surface area contributed by atoms with Crippen LogP contribution >= 0.6 is 34.5 Å².